The molecule has 0 aliphatic rings. The Morgan fingerprint density at radius 3 is 2.50 bits per heavy atom. The molecule has 0 unspecified atom stereocenters. The van der Waals surface area contributed by atoms with E-state index in [1.165, 1.54) is 0 Å². The number of para-hydroxylation sites is 1. The van der Waals surface area contributed by atoms with Crippen LogP contribution in [0, 0.1) is 0 Å². The van der Waals surface area contributed by atoms with E-state index in [1.54, 1.807) is 6.07 Å². The summed E-state index contributed by atoms with van der Waals surface area (Å²) >= 11 is 0. The maximum Gasteiger partial charge on any atom is 0.197 e. The summed E-state index contributed by atoms with van der Waals surface area (Å²) in [7, 11) is 0. The monoisotopic (exact) mass is 263 g/mol. The van der Waals surface area contributed by atoms with Crippen molar-refractivity contribution in [2.75, 3.05) is 0 Å². The summed E-state index contributed by atoms with van der Waals surface area (Å²) in [6.07, 6.45) is 0. The van der Waals surface area contributed by atoms with Crippen LogP contribution in [0.5, 0.6) is 5.75 Å². The number of pyridine rings is 1. The van der Waals surface area contributed by atoms with Crippen molar-refractivity contribution in [1.29, 1.82) is 0 Å². The van der Waals surface area contributed by atoms with Crippen molar-refractivity contribution in [3.05, 3.63) is 66.2 Å². The second kappa shape index (κ2) is 5.01. The fourth-order valence-corrected chi connectivity index (χ4v) is 1.96. The predicted octanol–water partition coefficient (Wildman–Crippen LogP) is 2.98. The molecule has 4 heteroatoms. The number of nitrogens with two attached hydrogens (primary N) is 1. The van der Waals surface area contributed by atoms with Crippen LogP contribution in [-0.2, 0) is 0 Å². The summed E-state index contributed by atoms with van der Waals surface area (Å²) in [5, 5.41) is 10.8. The van der Waals surface area contributed by atoms with Gasteiger partial charge in [0.05, 0.1) is 5.52 Å². The lowest BCUT2D eigenvalue weighted by atomic mass is 10.2. The number of hydrogen-bond acceptors (Lipinski definition) is 3. The van der Waals surface area contributed by atoms with Crippen LogP contribution in [0.3, 0.4) is 0 Å². The van der Waals surface area contributed by atoms with E-state index >= 15 is 0 Å². The molecule has 1 aromatic heterocycles. The van der Waals surface area contributed by atoms with E-state index in [9.17, 15) is 5.11 Å². The van der Waals surface area contributed by atoms with Gasteiger partial charge in [0.25, 0.3) is 0 Å². The van der Waals surface area contributed by atoms with Crippen LogP contribution in [-0.4, -0.2) is 15.9 Å². The van der Waals surface area contributed by atoms with Crippen molar-refractivity contribution < 1.29 is 5.11 Å². The summed E-state index contributed by atoms with van der Waals surface area (Å²) in [5.41, 5.74) is 7.50. The van der Waals surface area contributed by atoms with Gasteiger partial charge in [0, 0.05) is 10.9 Å². The van der Waals surface area contributed by atoms with Crippen LogP contribution >= 0.6 is 0 Å². The second-order valence-electron chi connectivity index (χ2n) is 4.39. The van der Waals surface area contributed by atoms with Gasteiger partial charge in [-0.15, -0.1) is 0 Å². The number of hydrogen-bond donors (Lipinski definition) is 2. The molecule has 3 N–H and O–H groups in total. The fourth-order valence-electron chi connectivity index (χ4n) is 1.96. The van der Waals surface area contributed by atoms with Crippen molar-refractivity contribution >= 4 is 22.6 Å². The highest BCUT2D eigenvalue weighted by Gasteiger charge is 2.06. The Hall–Kier alpha value is -2.88. The first kappa shape index (κ1) is 12.2. The van der Waals surface area contributed by atoms with Crippen LogP contribution in [0.25, 0.3) is 10.9 Å². The van der Waals surface area contributed by atoms with Crippen LogP contribution in [0.1, 0.15) is 5.56 Å². The third-order valence-electron chi connectivity index (χ3n) is 2.98. The van der Waals surface area contributed by atoms with Gasteiger partial charge in [-0.1, -0.05) is 48.5 Å². The molecular weight excluding hydrogens is 250 g/mol. The maximum atomic E-state index is 9.98. The lowest BCUT2D eigenvalue weighted by molar-refractivity contribution is 0.475. The highest BCUT2D eigenvalue weighted by Crippen LogP contribution is 2.28. The minimum Gasteiger partial charge on any atom is -0.504 e. The molecule has 2 aromatic carbocycles. The summed E-state index contributed by atoms with van der Waals surface area (Å²) < 4.78 is 0. The van der Waals surface area contributed by atoms with E-state index in [0.29, 0.717) is 5.84 Å². The van der Waals surface area contributed by atoms with Gasteiger partial charge in [-0.25, -0.2) is 9.98 Å². The minimum absolute atomic E-state index is 0.0163. The number of rotatable bonds is 2. The van der Waals surface area contributed by atoms with Crippen LogP contribution in [0.15, 0.2) is 65.7 Å². The number of aliphatic imine (C=N–C) groups is 1. The van der Waals surface area contributed by atoms with E-state index in [-0.39, 0.29) is 11.6 Å². The van der Waals surface area contributed by atoms with Crippen LogP contribution in [0.2, 0.25) is 0 Å². The van der Waals surface area contributed by atoms with Crippen molar-refractivity contribution in [1.82, 2.24) is 4.98 Å². The van der Waals surface area contributed by atoms with E-state index < -0.39 is 0 Å². The van der Waals surface area contributed by atoms with Gasteiger partial charge in [0.15, 0.2) is 11.6 Å². The predicted molar refractivity (Wildman–Crippen MR) is 80.2 cm³/mol. The van der Waals surface area contributed by atoms with Crippen molar-refractivity contribution in [3.8, 4) is 5.75 Å². The van der Waals surface area contributed by atoms with Gasteiger partial charge in [-0.2, -0.15) is 0 Å². The molecule has 0 aliphatic heterocycles. The summed E-state index contributed by atoms with van der Waals surface area (Å²) in [6, 6.07) is 18.6. The summed E-state index contributed by atoms with van der Waals surface area (Å²) in [6.45, 7) is 0. The highest BCUT2D eigenvalue weighted by atomic mass is 16.3. The number of benzene rings is 2. The number of nitrogens with zero attached hydrogens (tertiary/aromatic N) is 2. The average molecular weight is 263 g/mol. The highest BCUT2D eigenvalue weighted by molar-refractivity contribution is 5.99. The van der Waals surface area contributed by atoms with Gasteiger partial charge in [0.2, 0.25) is 0 Å². The van der Waals surface area contributed by atoms with Crippen molar-refractivity contribution in [2.24, 2.45) is 10.7 Å². The smallest absolute Gasteiger partial charge is 0.197 e. The van der Waals surface area contributed by atoms with Crippen LogP contribution in [0.4, 0.5) is 5.82 Å². The van der Waals surface area contributed by atoms with E-state index in [0.717, 1.165) is 16.5 Å². The maximum absolute atomic E-state index is 9.98. The Morgan fingerprint density at radius 2 is 1.70 bits per heavy atom. The zero-order chi connectivity index (χ0) is 13.9. The largest absolute Gasteiger partial charge is 0.504 e. The molecule has 0 saturated carbocycles. The number of aromatic nitrogens is 1. The number of aromatic hydroxyl groups is 1. The first-order chi connectivity index (χ1) is 9.74. The second-order valence-corrected chi connectivity index (χ2v) is 4.39. The molecule has 0 amide bonds. The third kappa shape index (κ3) is 2.31. The molecule has 4 nitrogen and oxygen atoms in total. The lowest BCUT2D eigenvalue weighted by Crippen LogP contribution is -2.12. The number of fused-ring (bicyclic) bond motifs is 1. The Balaban J connectivity index is 2.08. The van der Waals surface area contributed by atoms with E-state index in [1.807, 2.05) is 54.6 Å². The van der Waals surface area contributed by atoms with Crippen molar-refractivity contribution in [3.63, 3.8) is 0 Å². The molecule has 0 fully saturated rings. The summed E-state index contributed by atoms with van der Waals surface area (Å²) in [4.78, 5) is 8.53. The average Bonchev–Trinajstić information content (AvgIpc) is 2.49. The molecule has 3 aromatic rings. The molecule has 98 valence electrons. The normalized spacial score (nSPS) is 11.7. The van der Waals surface area contributed by atoms with Gasteiger partial charge in [0.1, 0.15) is 5.84 Å². The molecule has 0 saturated heterocycles. The molecule has 0 atom stereocenters. The molecule has 1 heterocycles. The van der Waals surface area contributed by atoms with Crippen molar-refractivity contribution in [2.45, 2.75) is 0 Å². The van der Waals surface area contributed by atoms with E-state index in [4.69, 9.17) is 5.73 Å². The summed E-state index contributed by atoms with van der Waals surface area (Å²) in [5.74, 6) is 0.566. The van der Waals surface area contributed by atoms with Gasteiger partial charge < -0.3 is 10.8 Å². The Morgan fingerprint density at radius 1 is 1.00 bits per heavy atom. The molecule has 0 bridgehead atoms. The lowest BCUT2D eigenvalue weighted by Gasteiger charge is -2.04. The molecule has 0 aliphatic carbocycles. The minimum atomic E-state index is 0.0163. The van der Waals surface area contributed by atoms with Crippen LogP contribution < -0.4 is 5.73 Å². The topological polar surface area (TPSA) is 71.5 Å². The Labute approximate surface area is 116 Å². The Kier molecular flexibility index (Phi) is 3.05. The molecule has 3 rings (SSSR count). The van der Waals surface area contributed by atoms with E-state index in [2.05, 4.69) is 9.98 Å². The Bertz CT molecular complexity index is 782. The SMILES string of the molecule is NC(=Nc1nc2ccccc2cc1O)c1ccccc1. The zero-order valence-electron chi connectivity index (χ0n) is 10.7. The standard InChI is InChI=1S/C16H13N3O/c17-15(11-6-2-1-3-7-11)19-16-14(20)10-12-8-4-5-9-13(12)18-16/h1-10,20H,(H2,17,18,19). The first-order valence-corrected chi connectivity index (χ1v) is 6.22. The first-order valence-electron chi connectivity index (χ1n) is 6.22. The quantitative estimate of drug-likeness (QED) is 0.551. The number of amidine groups is 1. The molecule has 0 radical (unpaired) electrons. The zero-order valence-corrected chi connectivity index (χ0v) is 10.7. The molecule has 20 heavy (non-hydrogen) atoms. The van der Waals surface area contributed by atoms with Gasteiger partial charge in [-0.3, -0.25) is 0 Å². The van der Waals surface area contributed by atoms with Gasteiger partial charge >= 0.3 is 0 Å². The fraction of sp³-hybridized carbons (Fsp3) is 0. The molecule has 0 spiro atoms. The van der Waals surface area contributed by atoms with Gasteiger partial charge in [-0.05, 0) is 12.1 Å². The molecular formula is C16H13N3O. The third-order valence-corrected chi connectivity index (χ3v) is 2.98.